The Labute approximate surface area is 85.0 Å². The van der Waals surface area contributed by atoms with E-state index in [4.69, 9.17) is 0 Å². The molecule has 2 heterocycles. The number of hydrogen-bond donors (Lipinski definition) is 2. The highest BCUT2D eigenvalue weighted by atomic mass is 32.1. The van der Waals surface area contributed by atoms with Crippen LogP contribution in [0.5, 0.6) is 0 Å². The monoisotopic (exact) mass is 210 g/mol. The lowest BCUT2D eigenvalue weighted by Gasteiger charge is -1.97. The van der Waals surface area contributed by atoms with E-state index in [9.17, 15) is 0 Å². The molecule has 74 valence electrons. The minimum Gasteiger partial charge on any atom is -0.360 e. The van der Waals surface area contributed by atoms with Crippen molar-refractivity contribution >= 4 is 16.7 Å². The van der Waals surface area contributed by atoms with E-state index < -0.39 is 0 Å². The Bertz CT molecular complexity index is 381. The number of H-pyrrole nitrogens is 1. The Kier molecular flexibility index (Phi) is 2.68. The maximum atomic E-state index is 4.19. The molecular weight excluding hydrogens is 200 g/mol. The molecule has 0 saturated carbocycles. The molecule has 0 aromatic carbocycles. The van der Waals surface area contributed by atoms with Crippen molar-refractivity contribution in [3.05, 3.63) is 18.0 Å². The summed E-state index contributed by atoms with van der Waals surface area (Å²) in [5, 5.41) is 10.8. The van der Waals surface area contributed by atoms with Crippen molar-refractivity contribution in [3.63, 3.8) is 0 Å². The number of hydrogen-bond acceptors (Lipinski definition) is 6. The fourth-order valence-electron chi connectivity index (χ4n) is 1.03. The maximum Gasteiger partial charge on any atom is 0.202 e. The van der Waals surface area contributed by atoms with Crippen molar-refractivity contribution in [2.24, 2.45) is 0 Å². The zero-order valence-electron chi connectivity index (χ0n) is 7.69. The molecule has 2 aromatic heterocycles. The zero-order chi connectivity index (χ0) is 9.80. The van der Waals surface area contributed by atoms with Gasteiger partial charge in [-0.05, 0) is 6.92 Å². The molecular formula is C7H10N6S. The predicted molar refractivity (Wildman–Crippen MR) is 53.2 cm³/mol. The molecule has 0 aliphatic carbocycles. The van der Waals surface area contributed by atoms with Crippen molar-refractivity contribution < 1.29 is 0 Å². The van der Waals surface area contributed by atoms with Gasteiger partial charge in [0.1, 0.15) is 12.2 Å². The molecule has 6 nitrogen and oxygen atoms in total. The van der Waals surface area contributed by atoms with Crippen molar-refractivity contribution in [2.45, 2.75) is 13.3 Å². The average molecular weight is 210 g/mol. The van der Waals surface area contributed by atoms with Crippen LogP contribution in [-0.4, -0.2) is 31.1 Å². The normalized spacial score (nSPS) is 10.4. The molecule has 2 N–H and O–H groups in total. The van der Waals surface area contributed by atoms with Crippen molar-refractivity contribution in [2.75, 3.05) is 11.9 Å². The molecule has 0 aliphatic rings. The summed E-state index contributed by atoms with van der Waals surface area (Å²) in [6.45, 7) is 2.65. The summed E-state index contributed by atoms with van der Waals surface area (Å²) in [6.07, 6.45) is 2.31. The van der Waals surface area contributed by atoms with Crippen molar-refractivity contribution in [3.8, 4) is 0 Å². The van der Waals surface area contributed by atoms with Crippen LogP contribution in [0.2, 0.25) is 0 Å². The highest BCUT2D eigenvalue weighted by Crippen LogP contribution is 2.05. The van der Waals surface area contributed by atoms with E-state index in [0.29, 0.717) is 0 Å². The lowest BCUT2D eigenvalue weighted by Crippen LogP contribution is -2.05. The lowest BCUT2D eigenvalue weighted by molar-refractivity contribution is 0.900. The van der Waals surface area contributed by atoms with E-state index in [2.05, 4.69) is 29.9 Å². The second-order valence-electron chi connectivity index (χ2n) is 2.76. The summed E-state index contributed by atoms with van der Waals surface area (Å²) < 4.78 is 3.88. The standard InChI is InChI=1S/C7H10N6S/c1-5-11-6(13-12-5)2-3-8-7-9-4-10-14-7/h4H,2-3H2,1H3,(H,8,9,10)(H,11,12,13). The molecule has 0 aliphatic heterocycles. The highest BCUT2D eigenvalue weighted by Gasteiger charge is 2.00. The van der Waals surface area contributed by atoms with E-state index in [1.54, 1.807) is 0 Å². The summed E-state index contributed by atoms with van der Waals surface area (Å²) in [7, 11) is 0. The van der Waals surface area contributed by atoms with Gasteiger partial charge >= 0.3 is 0 Å². The molecule has 7 heteroatoms. The first-order valence-corrected chi connectivity index (χ1v) is 5.00. The summed E-state index contributed by atoms with van der Waals surface area (Å²) in [5.41, 5.74) is 0. The van der Waals surface area contributed by atoms with Crippen LogP contribution < -0.4 is 5.32 Å². The topological polar surface area (TPSA) is 79.4 Å². The van der Waals surface area contributed by atoms with Crippen molar-refractivity contribution in [1.82, 2.24) is 24.5 Å². The maximum absolute atomic E-state index is 4.19. The van der Waals surface area contributed by atoms with Crippen LogP contribution in [0.15, 0.2) is 6.33 Å². The third-order valence-corrected chi connectivity index (χ3v) is 2.25. The molecule has 14 heavy (non-hydrogen) atoms. The smallest absolute Gasteiger partial charge is 0.202 e. The minimum absolute atomic E-state index is 0.770. The van der Waals surface area contributed by atoms with E-state index in [1.165, 1.54) is 17.9 Å². The average Bonchev–Trinajstić information content (AvgIpc) is 2.77. The molecule has 0 bridgehead atoms. The molecule has 0 amide bonds. The van der Waals surface area contributed by atoms with Crippen LogP contribution in [0.4, 0.5) is 5.13 Å². The quantitative estimate of drug-likeness (QED) is 0.773. The van der Waals surface area contributed by atoms with Gasteiger partial charge in [0.15, 0.2) is 5.82 Å². The number of nitrogens with one attached hydrogen (secondary N) is 2. The molecule has 2 rings (SSSR count). The van der Waals surface area contributed by atoms with Crippen LogP contribution in [0.25, 0.3) is 0 Å². The van der Waals surface area contributed by atoms with Crippen LogP contribution >= 0.6 is 11.5 Å². The van der Waals surface area contributed by atoms with Gasteiger partial charge in [-0.2, -0.15) is 9.47 Å². The molecule has 0 unspecified atom stereocenters. The number of rotatable bonds is 4. The van der Waals surface area contributed by atoms with E-state index in [-0.39, 0.29) is 0 Å². The fraction of sp³-hybridized carbons (Fsp3) is 0.429. The first kappa shape index (κ1) is 9.07. The predicted octanol–water partition coefficient (Wildman–Crippen LogP) is 0.619. The number of anilines is 1. The zero-order valence-corrected chi connectivity index (χ0v) is 8.51. The van der Waals surface area contributed by atoms with Gasteiger partial charge in [0, 0.05) is 24.5 Å². The van der Waals surface area contributed by atoms with Crippen molar-refractivity contribution in [1.29, 1.82) is 0 Å². The molecule has 2 aromatic rings. The molecule has 0 spiro atoms. The van der Waals surface area contributed by atoms with E-state index in [0.717, 1.165) is 29.7 Å². The van der Waals surface area contributed by atoms with Gasteiger partial charge in [-0.3, -0.25) is 5.10 Å². The Morgan fingerprint density at radius 1 is 1.57 bits per heavy atom. The second-order valence-corrected chi connectivity index (χ2v) is 3.54. The van der Waals surface area contributed by atoms with E-state index >= 15 is 0 Å². The van der Waals surface area contributed by atoms with Crippen LogP contribution in [-0.2, 0) is 6.42 Å². The molecule has 0 radical (unpaired) electrons. The summed E-state index contributed by atoms with van der Waals surface area (Å²) >= 11 is 1.34. The van der Waals surface area contributed by atoms with Gasteiger partial charge in [0.25, 0.3) is 0 Å². The van der Waals surface area contributed by atoms with Gasteiger partial charge < -0.3 is 5.32 Å². The number of aromatic amines is 1. The first-order chi connectivity index (χ1) is 6.84. The summed E-state index contributed by atoms with van der Waals surface area (Å²) in [5.74, 6) is 1.66. The Hall–Kier alpha value is -1.50. The SMILES string of the molecule is Cc1nc(CCNc2ncns2)n[nH]1. The minimum atomic E-state index is 0.770. The third-order valence-electron chi connectivity index (χ3n) is 1.63. The highest BCUT2D eigenvalue weighted by molar-refractivity contribution is 7.09. The van der Waals surface area contributed by atoms with E-state index in [1.807, 2.05) is 6.92 Å². The van der Waals surface area contributed by atoms with Gasteiger partial charge in [-0.25, -0.2) is 9.97 Å². The number of aromatic nitrogens is 5. The van der Waals surface area contributed by atoms with Crippen LogP contribution in [0.3, 0.4) is 0 Å². The molecule has 0 atom stereocenters. The second kappa shape index (κ2) is 4.14. The summed E-state index contributed by atoms with van der Waals surface area (Å²) in [4.78, 5) is 8.19. The van der Waals surface area contributed by atoms with Crippen LogP contribution in [0.1, 0.15) is 11.6 Å². The Balaban J connectivity index is 1.78. The lowest BCUT2D eigenvalue weighted by atomic mass is 10.4. The summed E-state index contributed by atoms with van der Waals surface area (Å²) in [6, 6.07) is 0. The molecule has 0 saturated heterocycles. The first-order valence-electron chi connectivity index (χ1n) is 4.23. The van der Waals surface area contributed by atoms with Gasteiger partial charge in [-0.1, -0.05) is 0 Å². The Morgan fingerprint density at radius 3 is 3.14 bits per heavy atom. The van der Waals surface area contributed by atoms with Gasteiger partial charge in [-0.15, -0.1) is 0 Å². The fourth-order valence-corrected chi connectivity index (χ4v) is 1.49. The number of nitrogens with zero attached hydrogens (tertiary/aromatic N) is 4. The van der Waals surface area contributed by atoms with Gasteiger partial charge in [0.05, 0.1) is 0 Å². The largest absolute Gasteiger partial charge is 0.360 e. The Morgan fingerprint density at radius 2 is 2.50 bits per heavy atom. The number of aryl methyl sites for hydroxylation is 1. The molecule has 0 fully saturated rings. The third kappa shape index (κ3) is 2.25. The van der Waals surface area contributed by atoms with Crippen LogP contribution in [0, 0.1) is 6.92 Å². The van der Waals surface area contributed by atoms with Gasteiger partial charge in [0.2, 0.25) is 5.13 Å².